The van der Waals surface area contributed by atoms with Gasteiger partial charge in [0.15, 0.2) is 6.10 Å². The predicted molar refractivity (Wildman–Crippen MR) is 115 cm³/mol. The zero-order valence-electron chi connectivity index (χ0n) is 16.2. The van der Waals surface area contributed by atoms with Crippen LogP contribution in [0.15, 0.2) is 41.8 Å². The van der Waals surface area contributed by atoms with E-state index in [9.17, 15) is 14.4 Å². The van der Waals surface area contributed by atoms with Crippen molar-refractivity contribution in [1.82, 2.24) is 10.3 Å². The molecule has 0 bridgehead atoms. The van der Waals surface area contributed by atoms with Gasteiger partial charge >= 0.3 is 12.0 Å². The number of carbonyl (C=O) groups excluding carboxylic acids is 3. The average molecular weight is 421 g/mol. The fourth-order valence-electron chi connectivity index (χ4n) is 3.55. The predicted octanol–water partition coefficient (Wildman–Crippen LogP) is 3.52. The van der Waals surface area contributed by atoms with Crippen LogP contribution >= 0.6 is 11.3 Å². The third-order valence-electron chi connectivity index (χ3n) is 4.91. The van der Waals surface area contributed by atoms with Crippen molar-refractivity contribution in [2.24, 2.45) is 5.73 Å². The van der Waals surface area contributed by atoms with E-state index in [0.717, 1.165) is 28.1 Å². The molecular formula is C22H19N3O4S. The van der Waals surface area contributed by atoms with Crippen molar-refractivity contribution < 1.29 is 19.1 Å². The summed E-state index contributed by atoms with van der Waals surface area (Å²) in [7, 11) is 0. The highest BCUT2D eigenvalue weighted by Crippen LogP contribution is 2.38. The van der Waals surface area contributed by atoms with Crippen molar-refractivity contribution in [2.45, 2.75) is 25.9 Å². The maximum Gasteiger partial charge on any atom is 0.339 e. The third kappa shape index (κ3) is 3.81. The number of esters is 1. The van der Waals surface area contributed by atoms with Crippen LogP contribution in [0, 0.1) is 0 Å². The first-order valence-corrected chi connectivity index (χ1v) is 10.3. The molecule has 2 aromatic heterocycles. The van der Waals surface area contributed by atoms with E-state index in [-0.39, 0.29) is 0 Å². The number of allylic oxidation sites excluding steroid dienone is 1. The standard InChI is InChI=1S/C22H19N3O4S/c1-12(20(26)25-22(23)28)29-21(27)18-15-6-2-3-7-17(15)24-19-13(8-9-16(18)19)11-14-5-4-10-30-14/h2-7,10-12H,8-9H2,1H3,(H3,23,25,26,28). The average Bonchev–Trinajstić information content (AvgIpc) is 3.36. The molecule has 0 fully saturated rings. The molecule has 0 spiro atoms. The molecule has 1 aromatic carbocycles. The summed E-state index contributed by atoms with van der Waals surface area (Å²) in [6.45, 7) is 1.39. The largest absolute Gasteiger partial charge is 0.449 e. The number of rotatable bonds is 4. The highest BCUT2D eigenvalue weighted by Gasteiger charge is 2.29. The Bertz CT molecular complexity index is 1180. The van der Waals surface area contributed by atoms with E-state index in [2.05, 4.69) is 6.08 Å². The minimum absolute atomic E-state index is 0.406. The lowest BCUT2D eigenvalue weighted by molar-refractivity contribution is -0.127. The van der Waals surface area contributed by atoms with Crippen LogP contribution in [0.1, 0.15) is 39.8 Å². The highest BCUT2D eigenvalue weighted by molar-refractivity contribution is 7.10. The van der Waals surface area contributed by atoms with Gasteiger partial charge in [-0.3, -0.25) is 10.1 Å². The van der Waals surface area contributed by atoms with E-state index in [4.69, 9.17) is 15.5 Å². The van der Waals surface area contributed by atoms with Crippen molar-refractivity contribution >= 4 is 51.8 Å². The molecule has 0 saturated carbocycles. The number of carbonyl (C=O) groups is 3. The lowest BCUT2D eigenvalue weighted by Crippen LogP contribution is -2.42. The normalized spacial score (nSPS) is 15.0. The van der Waals surface area contributed by atoms with Crippen LogP contribution in [0.3, 0.4) is 0 Å². The SMILES string of the molecule is CC(OC(=O)c1c2c(nc3ccccc13)C(=Cc1cccs1)CC2)C(=O)NC(N)=O. The number of urea groups is 1. The van der Waals surface area contributed by atoms with Gasteiger partial charge in [0.05, 0.1) is 16.8 Å². The fourth-order valence-corrected chi connectivity index (χ4v) is 4.24. The molecule has 4 rings (SSSR count). The van der Waals surface area contributed by atoms with E-state index in [1.165, 1.54) is 6.92 Å². The van der Waals surface area contributed by atoms with E-state index in [1.807, 2.05) is 47.1 Å². The van der Waals surface area contributed by atoms with Gasteiger partial charge in [-0.15, -0.1) is 11.3 Å². The summed E-state index contributed by atoms with van der Waals surface area (Å²) >= 11 is 1.64. The number of hydrogen-bond donors (Lipinski definition) is 2. The number of fused-ring (bicyclic) bond motifs is 2. The van der Waals surface area contributed by atoms with Crippen LogP contribution in [0.25, 0.3) is 22.6 Å². The highest BCUT2D eigenvalue weighted by atomic mass is 32.1. The quantitative estimate of drug-likeness (QED) is 0.626. The number of ether oxygens (including phenoxy) is 1. The molecule has 3 N–H and O–H groups in total. The first-order valence-electron chi connectivity index (χ1n) is 9.41. The molecule has 30 heavy (non-hydrogen) atoms. The van der Waals surface area contributed by atoms with E-state index in [0.29, 0.717) is 22.9 Å². The van der Waals surface area contributed by atoms with Gasteiger partial charge in [-0.1, -0.05) is 24.3 Å². The van der Waals surface area contributed by atoms with Crippen LogP contribution in [0.5, 0.6) is 0 Å². The molecule has 0 radical (unpaired) electrons. The second-order valence-electron chi connectivity index (χ2n) is 6.92. The number of hydrogen-bond acceptors (Lipinski definition) is 6. The molecule has 8 heteroatoms. The smallest absolute Gasteiger partial charge is 0.339 e. The van der Waals surface area contributed by atoms with Crippen molar-refractivity contribution in [3.05, 3.63) is 63.5 Å². The molecule has 7 nitrogen and oxygen atoms in total. The number of pyridine rings is 1. The summed E-state index contributed by atoms with van der Waals surface area (Å²) in [6.07, 6.45) is 2.33. The van der Waals surface area contributed by atoms with Gasteiger partial charge in [-0.05, 0) is 54.5 Å². The maximum atomic E-state index is 13.1. The van der Waals surface area contributed by atoms with E-state index < -0.39 is 24.0 Å². The van der Waals surface area contributed by atoms with Crippen LogP contribution in [-0.4, -0.2) is 29.0 Å². The van der Waals surface area contributed by atoms with E-state index in [1.54, 1.807) is 11.3 Å². The number of nitrogens with one attached hydrogen (secondary N) is 1. The Hall–Kier alpha value is -3.52. The Kier molecular flexibility index (Phi) is 5.33. The number of aromatic nitrogens is 1. The summed E-state index contributed by atoms with van der Waals surface area (Å²) in [6, 6.07) is 10.4. The van der Waals surface area contributed by atoms with Crippen molar-refractivity contribution in [3.63, 3.8) is 0 Å². The van der Waals surface area contributed by atoms with Crippen LogP contribution < -0.4 is 11.1 Å². The van der Waals surface area contributed by atoms with Crippen molar-refractivity contribution in [1.29, 1.82) is 0 Å². The molecule has 1 atom stereocenters. The minimum atomic E-state index is -1.17. The van der Waals surface area contributed by atoms with Gasteiger partial charge in [-0.25, -0.2) is 14.6 Å². The second-order valence-corrected chi connectivity index (χ2v) is 7.90. The van der Waals surface area contributed by atoms with Crippen molar-refractivity contribution in [3.8, 4) is 0 Å². The number of nitrogens with two attached hydrogens (primary N) is 1. The summed E-state index contributed by atoms with van der Waals surface area (Å²) in [4.78, 5) is 41.8. The molecular weight excluding hydrogens is 402 g/mol. The van der Waals surface area contributed by atoms with E-state index >= 15 is 0 Å². The molecule has 3 amide bonds. The van der Waals surface area contributed by atoms with Gasteiger partial charge in [0.1, 0.15) is 0 Å². The third-order valence-corrected chi connectivity index (χ3v) is 5.72. The molecule has 152 valence electrons. The number of benzene rings is 1. The summed E-state index contributed by atoms with van der Waals surface area (Å²) in [5.74, 6) is -1.40. The summed E-state index contributed by atoms with van der Waals surface area (Å²) in [5.41, 5.74) is 8.70. The summed E-state index contributed by atoms with van der Waals surface area (Å²) < 4.78 is 5.37. The number of amides is 3. The monoisotopic (exact) mass is 421 g/mol. The van der Waals surface area contributed by atoms with Gasteiger partial charge in [0, 0.05) is 10.3 Å². The number of primary amides is 1. The molecule has 0 aliphatic heterocycles. The molecule has 1 aliphatic carbocycles. The Balaban J connectivity index is 1.75. The number of para-hydroxylation sites is 1. The van der Waals surface area contributed by atoms with Crippen molar-refractivity contribution in [2.75, 3.05) is 0 Å². The number of nitrogens with zero attached hydrogens (tertiary/aromatic N) is 1. The second kappa shape index (κ2) is 8.08. The van der Waals surface area contributed by atoms with Gasteiger partial charge in [0.2, 0.25) is 0 Å². The lowest BCUT2D eigenvalue weighted by atomic mass is 10.0. The Morgan fingerprint density at radius 1 is 1.20 bits per heavy atom. The Labute approximate surface area is 176 Å². The van der Waals surface area contributed by atoms with Gasteiger partial charge < -0.3 is 10.5 Å². The number of imide groups is 1. The fraction of sp³-hybridized carbons (Fsp3) is 0.182. The van der Waals surface area contributed by atoms with Gasteiger partial charge in [0.25, 0.3) is 5.91 Å². The maximum absolute atomic E-state index is 13.1. The first-order chi connectivity index (χ1) is 14.4. The molecule has 3 aromatic rings. The zero-order chi connectivity index (χ0) is 21.3. The molecule has 0 saturated heterocycles. The Morgan fingerprint density at radius 2 is 2.00 bits per heavy atom. The first kappa shape index (κ1) is 19.8. The minimum Gasteiger partial charge on any atom is -0.449 e. The zero-order valence-corrected chi connectivity index (χ0v) is 17.0. The number of thiophene rings is 1. The van der Waals surface area contributed by atoms with Crippen LogP contribution in [0.4, 0.5) is 4.79 Å². The molecule has 2 heterocycles. The topological polar surface area (TPSA) is 111 Å². The molecule has 1 unspecified atom stereocenters. The van der Waals surface area contributed by atoms with Crippen LogP contribution in [0.2, 0.25) is 0 Å². The Morgan fingerprint density at radius 3 is 2.73 bits per heavy atom. The van der Waals surface area contributed by atoms with Gasteiger partial charge in [-0.2, -0.15) is 0 Å². The molecule has 1 aliphatic rings. The van der Waals surface area contributed by atoms with Crippen LogP contribution in [-0.2, 0) is 16.0 Å². The summed E-state index contributed by atoms with van der Waals surface area (Å²) in [5, 5.41) is 4.60. The lowest BCUT2D eigenvalue weighted by Gasteiger charge is -2.15.